The number of carbonyl (C=O) groups is 2. The van der Waals surface area contributed by atoms with Gasteiger partial charge in [0, 0.05) is 6.04 Å². The first-order valence-corrected chi connectivity index (χ1v) is 12.1. The lowest BCUT2D eigenvalue weighted by atomic mass is 10.1. The number of benzene rings is 2. The van der Waals surface area contributed by atoms with Crippen molar-refractivity contribution in [3.05, 3.63) is 59.2 Å². The van der Waals surface area contributed by atoms with Gasteiger partial charge in [-0.15, -0.1) is 0 Å². The molecule has 0 aliphatic rings. The average molecular weight is 446 g/mol. The van der Waals surface area contributed by atoms with Gasteiger partial charge >= 0.3 is 0 Å². The molecular weight excluding hydrogens is 414 g/mol. The second-order valence-electron chi connectivity index (χ2n) is 7.90. The van der Waals surface area contributed by atoms with E-state index in [0.29, 0.717) is 16.9 Å². The molecule has 2 N–H and O–H groups in total. The van der Waals surface area contributed by atoms with Crippen LogP contribution in [0.4, 0.5) is 11.4 Å². The summed E-state index contributed by atoms with van der Waals surface area (Å²) in [6.45, 7) is 9.12. The van der Waals surface area contributed by atoms with Gasteiger partial charge in [-0.2, -0.15) is 0 Å². The minimum absolute atomic E-state index is 0.0135. The highest BCUT2D eigenvalue weighted by atomic mass is 32.2. The van der Waals surface area contributed by atoms with Crippen LogP contribution in [-0.2, 0) is 14.8 Å². The smallest absolute Gasteiger partial charge is 0.253 e. The third-order valence-corrected chi connectivity index (χ3v) is 6.21. The maximum atomic E-state index is 13.0. The predicted octanol–water partition coefficient (Wildman–Crippen LogP) is 3.62. The summed E-state index contributed by atoms with van der Waals surface area (Å²) in [5.41, 5.74) is 2.85. The van der Waals surface area contributed by atoms with E-state index >= 15 is 0 Å². The Bertz CT molecular complexity index is 1050. The number of nitrogens with one attached hydrogen (secondary N) is 2. The van der Waals surface area contributed by atoms with E-state index in [1.807, 2.05) is 33.8 Å². The second kappa shape index (κ2) is 9.96. The van der Waals surface area contributed by atoms with Gasteiger partial charge in [-0.1, -0.05) is 25.1 Å². The van der Waals surface area contributed by atoms with Crippen molar-refractivity contribution in [2.45, 2.75) is 53.1 Å². The fraction of sp³-hybridized carbons (Fsp3) is 0.391. The van der Waals surface area contributed by atoms with Gasteiger partial charge in [0.2, 0.25) is 15.9 Å². The van der Waals surface area contributed by atoms with Crippen molar-refractivity contribution in [3.8, 4) is 0 Å². The number of amides is 2. The number of sulfonamides is 1. The van der Waals surface area contributed by atoms with Crippen LogP contribution in [0.25, 0.3) is 0 Å². The van der Waals surface area contributed by atoms with E-state index in [1.54, 1.807) is 36.4 Å². The van der Waals surface area contributed by atoms with Crippen LogP contribution in [0.2, 0.25) is 0 Å². The number of nitrogens with zero attached hydrogens (tertiary/aromatic N) is 1. The lowest BCUT2D eigenvalue weighted by molar-refractivity contribution is -0.116. The van der Waals surface area contributed by atoms with Gasteiger partial charge in [0.25, 0.3) is 5.91 Å². The number of hydrogen-bond donors (Lipinski definition) is 2. The molecule has 0 aliphatic heterocycles. The number of anilines is 2. The van der Waals surface area contributed by atoms with E-state index in [2.05, 4.69) is 10.6 Å². The molecule has 0 unspecified atom stereocenters. The Morgan fingerprint density at radius 2 is 1.61 bits per heavy atom. The summed E-state index contributed by atoms with van der Waals surface area (Å²) in [6, 6.07) is 11.0. The number of carbonyl (C=O) groups excluding carboxylic acids is 2. The molecule has 0 saturated carbocycles. The Morgan fingerprint density at radius 3 is 2.16 bits per heavy atom. The summed E-state index contributed by atoms with van der Waals surface area (Å²) >= 11 is 0. The standard InChI is InChI=1S/C23H31N3O4S/c1-7-17(4)24-23(28)20-10-8-9-11-21(20)25-22(27)18(5)26(31(6,29)30)19-13-15(2)12-16(3)14-19/h8-14,17-18H,7H2,1-6H3,(H,24,28)(H,25,27)/t17-,18-/m1/s1. The Balaban J connectivity index is 2.35. The Kier molecular flexibility index (Phi) is 7.84. The molecule has 0 heterocycles. The molecule has 2 amide bonds. The van der Waals surface area contributed by atoms with Crippen LogP contribution in [0.1, 0.15) is 48.7 Å². The van der Waals surface area contributed by atoms with Gasteiger partial charge < -0.3 is 10.6 Å². The van der Waals surface area contributed by atoms with Crippen molar-refractivity contribution < 1.29 is 18.0 Å². The van der Waals surface area contributed by atoms with E-state index in [4.69, 9.17) is 0 Å². The molecule has 2 rings (SSSR count). The maximum Gasteiger partial charge on any atom is 0.253 e. The summed E-state index contributed by atoms with van der Waals surface area (Å²) in [5.74, 6) is -0.833. The Labute approximate surface area is 184 Å². The Morgan fingerprint density at radius 1 is 1.03 bits per heavy atom. The molecule has 0 radical (unpaired) electrons. The summed E-state index contributed by atoms with van der Waals surface area (Å²) in [6.07, 6.45) is 1.85. The van der Waals surface area contributed by atoms with E-state index < -0.39 is 22.0 Å². The minimum Gasteiger partial charge on any atom is -0.350 e. The highest BCUT2D eigenvalue weighted by Crippen LogP contribution is 2.25. The highest BCUT2D eigenvalue weighted by molar-refractivity contribution is 7.92. The largest absolute Gasteiger partial charge is 0.350 e. The Hall–Kier alpha value is -2.87. The molecule has 0 fully saturated rings. The lowest BCUT2D eigenvalue weighted by Gasteiger charge is -2.29. The normalized spacial score (nSPS) is 13.2. The van der Waals surface area contributed by atoms with Crippen molar-refractivity contribution in [2.75, 3.05) is 15.9 Å². The van der Waals surface area contributed by atoms with Crippen LogP contribution < -0.4 is 14.9 Å². The van der Waals surface area contributed by atoms with Gasteiger partial charge in [-0.25, -0.2) is 8.42 Å². The first kappa shape index (κ1) is 24.4. The number of aryl methyl sites for hydroxylation is 2. The van der Waals surface area contributed by atoms with E-state index in [1.165, 1.54) is 6.92 Å². The van der Waals surface area contributed by atoms with Crippen LogP contribution in [0.3, 0.4) is 0 Å². The molecule has 0 aliphatic carbocycles. The zero-order valence-electron chi connectivity index (χ0n) is 18.9. The first-order valence-electron chi connectivity index (χ1n) is 10.2. The second-order valence-corrected chi connectivity index (χ2v) is 9.76. The molecule has 0 spiro atoms. The number of para-hydroxylation sites is 1. The summed E-state index contributed by atoms with van der Waals surface area (Å²) in [7, 11) is -3.74. The van der Waals surface area contributed by atoms with Gasteiger partial charge in [0.1, 0.15) is 6.04 Å². The van der Waals surface area contributed by atoms with Crippen molar-refractivity contribution in [3.63, 3.8) is 0 Å². The number of hydrogen-bond acceptors (Lipinski definition) is 4. The van der Waals surface area contributed by atoms with Crippen LogP contribution in [0.15, 0.2) is 42.5 Å². The fourth-order valence-corrected chi connectivity index (χ4v) is 4.48. The van der Waals surface area contributed by atoms with Gasteiger partial charge in [0.15, 0.2) is 0 Å². The molecule has 2 aromatic rings. The molecule has 0 saturated heterocycles. The molecular formula is C23H31N3O4S. The maximum absolute atomic E-state index is 13.0. The lowest BCUT2D eigenvalue weighted by Crippen LogP contribution is -2.45. The van der Waals surface area contributed by atoms with Crippen molar-refractivity contribution in [1.82, 2.24) is 5.32 Å². The fourth-order valence-electron chi connectivity index (χ4n) is 3.32. The van der Waals surface area contributed by atoms with Crippen molar-refractivity contribution in [2.24, 2.45) is 0 Å². The van der Waals surface area contributed by atoms with Crippen LogP contribution >= 0.6 is 0 Å². The van der Waals surface area contributed by atoms with Crippen molar-refractivity contribution >= 4 is 33.2 Å². The summed E-state index contributed by atoms with van der Waals surface area (Å²) in [4.78, 5) is 25.7. The van der Waals surface area contributed by atoms with E-state index in [-0.39, 0.29) is 11.9 Å². The van der Waals surface area contributed by atoms with Gasteiger partial charge in [-0.05, 0) is 69.5 Å². The monoisotopic (exact) mass is 445 g/mol. The van der Waals surface area contributed by atoms with Crippen LogP contribution in [0.5, 0.6) is 0 Å². The third-order valence-electron chi connectivity index (χ3n) is 4.97. The van der Waals surface area contributed by atoms with Crippen LogP contribution in [-0.4, -0.2) is 38.6 Å². The molecule has 0 aromatic heterocycles. The first-order chi connectivity index (χ1) is 14.4. The van der Waals surface area contributed by atoms with Crippen LogP contribution in [0, 0.1) is 13.8 Å². The molecule has 0 bridgehead atoms. The molecule has 2 atom stereocenters. The van der Waals surface area contributed by atoms with E-state index in [9.17, 15) is 18.0 Å². The van der Waals surface area contributed by atoms with E-state index in [0.717, 1.165) is 28.1 Å². The zero-order chi connectivity index (χ0) is 23.3. The molecule has 8 heteroatoms. The van der Waals surface area contributed by atoms with Gasteiger partial charge in [0.05, 0.1) is 23.2 Å². The molecule has 31 heavy (non-hydrogen) atoms. The zero-order valence-corrected chi connectivity index (χ0v) is 19.7. The third kappa shape index (κ3) is 6.30. The quantitative estimate of drug-likeness (QED) is 0.649. The predicted molar refractivity (Wildman–Crippen MR) is 125 cm³/mol. The molecule has 168 valence electrons. The number of rotatable bonds is 8. The average Bonchev–Trinajstić information content (AvgIpc) is 2.66. The van der Waals surface area contributed by atoms with Crippen molar-refractivity contribution in [1.29, 1.82) is 0 Å². The summed E-state index contributed by atoms with van der Waals surface area (Å²) in [5, 5.41) is 5.61. The SMILES string of the molecule is CC[C@@H](C)NC(=O)c1ccccc1NC(=O)[C@@H](C)N(c1cc(C)cc(C)c1)S(C)(=O)=O. The molecule has 7 nitrogen and oxygen atoms in total. The highest BCUT2D eigenvalue weighted by Gasteiger charge is 2.30. The summed E-state index contributed by atoms with van der Waals surface area (Å²) < 4.78 is 26.2. The topological polar surface area (TPSA) is 95.6 Å². The minimum atomic E-state index is -3.74. The molecule has 2 aromatic carbocycles. The van der Waals surface area contributed by atoms with Gasteiger partial charge in [-0.3, -0.25) is 13.9 Å².